The molecule has 808 valence electrons. The second-order valence-corrected chi connectivity index (χ2v) is 46.7. The Morgan fingerprint density at radius 1 is 0.385 bits per heavy atom. The summed E-state index contributed by atoms with van der Waals surface area (Å²) >= 11 is 0. The highest BCUT2D eigenvalue weighted by Crippen LogP contribution is 2.60. The molecule has 9 heterocycles. The van der Waals surface area contributed by atoms with Crippen molar-refractivity contribution in [3.8, 4) is 0 Å². The molecule has 0 bridgehead atoms. The molecule has 0 spiro atoms. The normalized spacial score (nSPS) is 25.6. The molecule has 2 amide bonds. The number of esters is 1. The quantitative estimate of drug-likeness (QED) is 0.0111. The summed E-state index contributed by atoms with van der Waals surface area (Å²) in [5.74, 6) is -1.23. The van der Waals surface area contributed by atoms with Gasteiger partial charge in [0, 0.05) is 91.5 Å². The van der Waals surface area contributed by atoms with Gasteiger partial charge in [-0.2, -0.15) is 0 Å². The molecule has 25 atom stereocenters. The van der Waals surface area contributed by atoms with Crippen LogP contribution in [0.3, 0.4) is 0 Å². The number of carbonyl (C=O) groups is 3. The third-order valence-corrected chi connectivity index (χ3v) is 33.7. The van der Waals surface area contributed by atoms with Gasteiger partial charge in [0.2, 0.25) is 0 Å². The molecule has 9 N–H and O–H groups in total. The lowest BCUT2D eigenvalue weighted by Gasteiger charge is -2.33. The summed E-state index contributed by atoms with van der Waals surface area (Å²) in [6.45, 7) is 2.70. The highest BCUT2D eigenvalue weighted by atomic mass is 31.3. The number of aromatic amines is 4. The fraction of sp³-hybridized carbons (Fsp3) is 0.410. The minimum absolute atomic E-state index is 0.119. The van der Waals surface area contributed by atoms with Crippen LogP contribution in [0.4, 0.5) is 21.0 Å². The van der Waals surface area contributed by atoms with Crippen LogP contribution in [-0.2, 0) is 127 Å². The smallest absolute Gasteiger partial charge is 0.412 e. The summed E-state index contributed by atoms with van der Waals surface area (Å²) in [6, 6.07) is 44.9. The molecule has 14 rings (SSSR count). The van der Waals surface area contributed by atoms with E-state index in [-0.39, 0.29) is 23.5 Å². The molecule has 5 fully saturated rings. The van der Waals surface area contributed by atoms with E-state index < -0.39 is 280 Å². The van der Waals surface area contributed by atoms with Gasteiger partial charge in [0.05, 0.1) is 32.0 Å². The highest BCUT2D eigenvalue weighted by Gasteiger charge is 2.56. The Morgan fingerprint density at radius 2 is 0.736 bits per heavy atom. The Bertz CT molecular complexity index is 6950. The lowest BCUT2D eigenvalue weighted by atomic mass is 10.1. The van der Waals surface area contributed by atoms with Crippen LogP contribution < -0.4 is 94.8 Å². The second-order valence-electron chi connectivity index (χ2n) is 32.8. The molecule has 65 heteroatoms. The van der Waals surface area contributed by atoms with E-state index in [1.54, 1.807) is 111 Å². The zero-order valence-electron chi connectivity index (χ0n) is 77.6. The molecule has 57 nitrogen and oxygen atoms in total. The summed E-state index contributed by atoms with van der Waals surface area (Å²) in [6.07, 6.45) is -22.0. The Balaban J connectivity index is 0.000000188. The number of para-hydroxylation sites is 2. The van der Waals surface area contributed by atoms with Crippen LogP contribution in [0.1, 0.15) is 93.4 Å². The fourth-order valence-electron chi connectivity index (χ4n) is 14.5. The Hall–Kier alpha value is -10.3. The maximum atomic E-state index is 12.6. The number of hydrogen-bond donors (Lipinski definition) is 9. The summed E-state index contributed by atoms with van der Waals surface area (Å²) in [5, 5.41) is 37.1. The van der Waals surface area contributed by atoms with Gasteiger partial charge in [-0.25, -0.2) is 33.6 Å². The van der Waals surface area contributed by atoms with Crippen LogP contribution in [0, 0.1) is 5.92 Å². The topological polar surface area (TPSA) is 833 Å². The Kier molecular flexibility index (Phi) is 41.5. The van der Waals surface area contributed by atoms with E-state index in [0.29, 0.717) is 30.6 Å². The molecule has 9 aromatic rings. The van der Waals surface area contributed by atoms with Crippen molar-refractivity contribution in [2.24, 2.45) is 5.92 Å². The molecule has 4 aromatic heterocycles. The number of aliphatic hydroxyl groups excluding tert-OH is 3. The van der Waals surface area contributed by atoms with Gasteiger partial charge in [0.25, 0.3) is 53.5 Å². The van der Waals surface area contributed by atoms with Crippen LogP contribution in [-0.4, -0.2) is 196 Å². The Morgan fingerprint density at radius 3 is 1.16 bits per heavy atom. The predicted molar refractivity (Wildman–Crippen MR) is 493 cm³/mol. The van der Waals surface area contributed by atoms with Crippen molar-refractivity contribution in [2.45, 2.75) is 164 Å². The van der Waals surface area contributed by atoms with Crippen molar-refractivity contribution in [1.82, 2.24) is 38.2 Å². The molecular formula is C83H96N10O47P8-8. The number of nitrogens with zero attached hydrogens (tertiary/aromatic N) is 4. The summed E-state index contributed by atoms with van der Waals surface area (Å²) < 4.78 is 186. The van der Waals surface area contributed by atoms with E-state index in [1.807, 2.05) is 52.2 Å². The van der Waals surface area contributed by atoms with Crippen molar-refractivity contribution in [1.29, 1.82) is 0 Å². The zero-order chi connectivity index (χ0) is 108. The van der Waals surface area contributed by atoms with E-state index in [1.165, 1.54) is 30.5 Å². The number of carbonyl (C=O) groups excluding carboxylic acids is 3. The Labute approximate surface area is 835 Å². The number of phosphoric acid groups is 4. The first-order chi connectivity index (χ1) is 69.7. The van der Waals surface area contributed by atoms with Gasteiger partial charge in [0.1, 0.15) is 85.3 Å². The predicted octanol–water partition coefficient (Wildman–Crippen LogP) is 0.918. The molecular weight excluding hydrogens is 2140 g/mol. The number of hydrogen-bond acceptors (Lipinski definition) is 47. The van der Waals surface area contributed by atoms with Crippen LogP contribution in [0.15, 0.2) is 239 Å². The minimum Gasteiger partial charge on any atom is -0.778 e. The van der Waals surface area contributed by atoms with Gasteiger partial charge in [-0.1, -0.05) is 156 Å². The molecule has 5 aliphatic heterocycles. The van der Waals surface area contributed by atoms with Gasteiger partial charge in [-0.3, -0.25) is 104 Å². The SMILES string of the molecule is CC(C)CP(=O)([O-])OP(=O)([O-])OC[C@H]1O[C@@H](n2ccc(=O)[nH]c2=O)[C@H]2OC(Cc3ccccc3)OC12.CCCCCP(=O)([O-])OP(=O)([O-])OC[C@H]1O[C@@H](n2ccc(=O)[nH]c2=O)[C@@H](OC(=O)c2ccccc2)C1O.CCP(=O)([O-])OP(=O)([O-])OC[C@H]1O[C@@H](n2ccc(=O)[nH]c2=O)[C@@H](OC(=O)Nc2ccccc2)C1O.O=C(Nc1ccccc1)OC1[C@@H](COP(=O)([O-])OP(=O)([O-])Cc2ccccc2)O[C@@H](n2ccc(=O)[nH]c2=O)[C@H]1O. The van der Waals surface area contributed by atoms with E-state index >= 15 is 0 Å². The van der Waals surface area contributed by atoms with E-state index in [9.17, 15) is 144 Å². The van der Waals surface area contributed by atoms with Crippen LogP contribution >= 0.6 is 61.7 Å². The monoisotopic (exact) mass is 2230 g/mol. The lowest BCUT2D eigenvalue weighted by Crippen LogP contribution is -2.41. The van der Waals surface area contributed by atoms with Gasteiger partial charge in [0.15, 0.2) is 49.5 Å². The second kappa shape index (κ2) is 52.1. The number of benzene rings is 5. The number of unbranched alkanes of at least 4 members (excludes halogenated alkanes) is 2. The first-order valence-electron chi connectivity index (χ1n) is 44.2. The number of aliphatic hydroxyl groups is 3. The number of phosphoric ester groups is 4. The average Bonchev–Trinajstić information content (AvgIpc) is 1.60. The number of nitrogens with one attached hydrogen (secondary N) is 6. The molecule has 148 heavy (non-hydrogen) atoms. The molecule has 5 aliphatic rings. The maximum absolute atomic E-state index is 12.6. The van der Waals surface area contributed by atoms with E-state index in [2.05, 4.69) is 41.9 Å². The maximum Gasteiger partial charge on any atom is 0.412 e. The molecule has 5 aromatic carbocycles. The molecule has 13 unspecified atom stereocenters. The average molecular weight is 2230 g/mol. The summed E-state index contributed by atoms with van der Waals surface area (Å²) in [7, 11) is -40.7. The van der Waals surface area contributed by atoms with Gasteiger partial charge in [-0.05, 0) is 59.9 Å². The van der Waals surface area contributed by atoms with Gasteiger partial charge in [-0.15, -0.1) is 0 Å². The van der Waals surface area contributed by atoms with E-state index in [4.69, 9.17) is 51.7 Å². The molecule has 5 saturated heterocycles. The number of rotatable bonds is 41. The summed E-state index contributed by atoms with van der Waals surface area (Å²) in [5.41, 5.74) is -4.45. The third-order valence-electron chi connectivity index (χ3n) is 21.1. The third kappa shape index (κ3) is 35.1. The molecule has 0 saturated carbocycles. The molecule has 0 aliphatic carbocycles. The first-order valence-corrected chi connectivity index (χ1v) is 56.9. The van der Waals surface area contributed by atoms with Crippen molar-refractivity contribution >= 4 is 91.2 Å². The number of anilines is 2. The van der Waals surface area contributed by atoms with Crippen LogP contribution in [0.2, 0.25) is 0 Å². The van der Waals surface area contributed by atoms with Crippen LogP contribution in [0.5, 0.6) is 0 Å². The van der Waals surface area contributed by atoms with Crippen LogP contribution in [0.25, 0.3) is 0 Å². The van der Waals surface area contributed by atoms with Crippen molar-refractivity contribution in [3.05, 3.63) is 301 Å². The molecule has 0 radical (unpaired) electrons. The lowest BCUT2D eigenvalue weighted by molar-refractivity contribution is -0.237. The number of aromatic nitrogens is 8. The number of ether oxygens (including phenoxy) is 9. The van der Waals surface area contributed by atoms with Crippen molar-refractivity contribution < 1.29 is 183 Å². The first kappa shape index (κ1) is 118. The fourth-order valence-corrected chi connectivity index (χ4v) is 24.9. The van der Waals surface area contributed by atoms with Crippen molar-refractivity contribution in [3.63, 3.8) is 0 Å². The zero-order valence-corrected chi connectivity index (χ0v) is 84.8. The highest BCUT2D eigenvalue weighted by molar-refractivity contribution is 7.63. The standard InChI is InChI=1S/C23H25N3O12P2.C21H28N2O12P2.C21H28N2O11P2.C18H23N3O12P2/c27-18-11-12-26(22(29)25-18)21-19(28)20(37-23(30)24-16-9-5-2-6-10-16)17(36-21)13-35-40(33,34)38-39(31,32)14-15-7-3-1-4-8-15;1-2-3-7-12-36(28,29)35-37(30,31)32-13-15-17(25)18(34-20(26)14-8-5-4-6-9-14)19(33-15)23-11-10-16(24)22-21(23)27;1-13(2)12-35(26,27)34-36(28,29)30-11-15-18-19(20(31-15)23-9-8-16(24)22-21(23)25)33-17(32-18)10-14-6-4-3-5-7-14;1-2-34(26,27)33-35(28,29)30-10-12-14(23)15(32-18(25)19-11-6-4-3-5-7-11)16(31-12)21-9-8-13(22)20-17(21)24/h1-12,17,19-21,28H,13-14H2,(H,24,30)(H,31,32)(H,33,34)(H,25,27,29);4-6,8-11,15,17-19,25H,2-3,7,12-13H2,1H3,(H,28,29)(H,30,31)(H,22,24,27);3-9,13,15,17-20H,10-12H2,1-2H3,(H,26,27)(H,28,29)(H,22,24,25);3-9,12,14-16,23H,2,10H2,1H3,(H,19,25)(H,26,27)(H,28,29)(H,20,22,24)/p-8/t17-,19+,20?,21-;15-,17?,18+,19-;15-,17?,18?,19+,20-;12-,14?,15+,16-/m1111/s1. The van der Waals surface area contributed by atoms with Crippen molar-refractivity contribution in [2.75, 3.05) is 55.5 Å². The minimum atomic E-state index is -5.51. The number of H-pyrrole nitrogens is 4. The number of fused-ring (bicyclic) bond motifs is 1. The summed E-state index contributed by atoms with van der Waals surface area (Å²) in [4.78, 5) is 237. The van der Waals surface area contributed by atoms with E-state index in [0.717, 1.165) is 73.6 Å². The largest absolute Gasteiger partial charge is 0.778 e. The number of amides is 2. The van der Waals surface area contributed by atoms with Gasteiger partial charge < -0.3 is 133 Å². The van der Waals surface area contributed by atoms with Gasteiger partial charge >= 0.3 is 40.9 Å².